The van der Waals surface area contributed by atoms with Gasteiger partial charge in [-0.05, 0) is 12.8 Å². The smallest absolute Gasteiger partial charge is 0.224 e. The van der Waals surface area contributed by atoms with E-state index in [1.807, 2.05) is 4.90 Å². The topological polar surface area (TPSA) is 46.3 Å². The van der Waals surface area contributed by atoms with Crippen molar-refractivity contribution in [3.63, 3.8) is 0 Å². The fraction of sp³-hybridized carbons (Fsp3) is 0.909. The number of carbonyl (C=O) groups is 1. The zero-order chi connectivity index (χ0) is 9.97. The Hall–Kier alpha value is -0.570. The summed E-state index contributed by atoms with van der Waals surface area (Å²) < 4.78 is 0. The second-order valence-electron chi connectivity index (χ2n) is 4.66. The summed E-state index contributed by atoms with van der Waals surface area (Å²) in [4.78, 5) is 13.7. The van der Waals surface area contributed by atoms with E-state index in [-0.39, 0.29) is 11.9 Å². The first-order valence-corrected chi connectivity index (χ1v) is 5.82. The van der Waals surface area contributed by atoms with Crippen molar-refractivity contribution in [3.8, 4) is 0 Å². The Labute approximate surface area is 85.6 Å². The molecule has 0 radical (unpaired) electrons. The number of nitrogens with two attached hydrogens (primary N) is 1. The van der Waals surface area contributed by atoms with Crippen LogP contribution in [0.3, 0.4) is 0 Å². The molecule has 1 saturated heterocycles. The van der Waals surface area contributed by atoms with Gasteiger partial charge in [0.15, 0.2) is 0 Å². The molecule has 0 aromatic carbocycles. The molecule has 2 rings (SSSR count). The average Bonchev–Trinajstić information content (AvgIpc) is 2.43. The van der Waals surface area contributed by atoms with Crippen LogP contribution < -0.4 is 5.73 Å². The molecule has 0 bridgehead atoms. The highest BCUT2D eigenvalue weighted by atomic mass is 16.2. The number of likely N-dealkylation sites (tertiary alicyclic amines) is 1. The van der Waals surface area contributed by atoms with E-state index in [0.717, 1.165) is 6.54 Å². The molecule has 1 heterocycles. The lowest BCUT2D eigenvalue weighted by Crippen LogP contribution is -2.37. The lowest BCUT2D eigenvalue weighted by atomic mass is 10.1. The molecule has 1 unspecified atom stereocenters. The van der Waals surface area contributed by atoms with Gasteiger partial charge in [-0.15, -0.1) is 0 Å². The lowest BCUT2D eigenvalue weighted by molar-refractivity contribution is -0.129. The van der Waals surface area contributed by atoms with Crippen LogP contribution in [0.15, 0.2) is 0 Å². The molecule has 2 N–H and O–H groups in total. The Morgan fingerprint density at radius 3 is 2.29 bits per heavy atom. The number of nitrogens with zero attached hydrogens (tertiary/aromatic N) is 1. The molecule has 0 spiro atoms. The number of rotatable bonds is 1. The minimum atomic E-state index is 0.0887. The Morgan fingerprint density at radius 2 is 1.79 bits per heavy atom. The van der Waals surface area contributed by atoms with E-state index in [0.29, 0.717) is 12.5 Å². The first-order valence-electron chi connectivity index (χ1n) is 5.82. The molecule has 1 aliphatic carbocycles. The summed E-state index contributed by atoms with van der Waals surface area (Å²) in [5, 5.41) is 0. The van der Waals surface area contributed by atoms with E-state index in [2.05, 4.69) is 0 Å². The Bertz CT molecular complexity index is 209. The van der Waals surface area contributed by atoms with Gasteiger partial charge in [-0.1, -0.05) is 25.7 Å². The van der Waals surface area contributed by atoms with Gasteiger partial charge in [0.1, 0.15) is 0 Å². The van der Waals surface area contributed by atoms with Gasteiger partial charge < -0.3 is 10.6 Å². The molecular formula is C11H20N2O. The van der Waals surface area contributed by atoms with Crippen LogP contribution in [-0.2, 0) is 4.79 Å². The van der Waals surface area contributed by atoms with Gasteiger partial charge in [0, 0.05) is 25.0 Å². The molecule has 1 atom stereocenters. The van der Waals surface area contributed by atoms with Crippen LogP contribution in [0.2, 0.25) is 0 Å². The van der Waals surface area contributed by atoms with Crippen LogP contribution in [0.4, 0.5) is 0 Å². The highest BCUT2D eigenvalue weighted by Crippen LogP contribution is 2.25. The molecule has 3 nitrogen and oxygen atoms in total. The number of hydrogen-bond donors (Lipinski definition) is 1. The van der Waals surface area contributed by atoms with Gasteiger partial charge in [-0.3, -0.25) is 4.79 Å². The third-order valence-corrected chi connectivity index (χ3v) is 3.45. The van der Waals surface area contributed by atoms with Crippen molar-refractivity contribution >= 4 is 5.91 Å². The van der Waals surface area contributed by atoms with Crippen LogP contribution in [0.5, 0.6) is 0 Å². The third-order valence-electron chi connectivity index (χ3n) is 3.45. The van der Waals surface area contributed by atoms with Crippen LogP contribution in [0.25, 0.3) is 0 Å². The van der Waals surface area contributed by atoms with Crippen molar-refractivity contribution in [2.45, 2.75) is 57.0 Å². The van der Waals surface area contributed by atoms with Crippen LogP contribution in [0.1, 0.15) is 44.9 Å². The SMILES string of the molecule is NC1CC(=O)N(C2CCCCCC2)C1. The fourth-order valence-electron chi connectivity index (χ4n) is 2.68. The number of amides is 1. The summed E-state index contributed by atoms with van der Waals surface area (Å²) in [6.07, 6.45) is 8.19. The molecule has 80 valence electrons. The molecule has 2 aliphatic rings. The zero-order valence-electron chi connectivity index (χ0n) is 8.74. The van der Waals surface area contributed by atoms with E-state index < -0.39 is 0 Å². The summed E-state index contributed by atoms with van der Waals surface area (Å²) in [5.74, 6) is 0.282. The van der Waals surface area contributed by atoms with Gasteiger partial charge in [-0.25, -0.2) is 0 Å². The van der Waals surface area contributed by atoms with Crippen LogP contribution >= 0.6 is 0 Å². The molecule has 1 amide bonds. The first-order chi connectivity index (χ1) is 6.77. The maximum absolute atomic E-state index is 11.6. The van der Waals surface area contributed by atoms with Crippen molar-refractivity contribution in [2.24, 2.45) is 5.73 Å². The first kappa shape index (κ1) is 9.97. The quantitative estimate of drug-likeness (QED) is 0.642. The second kappa shape index (κ2) is 4.30. The van der Waals surface area contributed by atoms with Gasteiger partial charge in [0.25, 0.3) is 0 Å². The molecule has 2 fully saturated rings. The minimum Gasteiger partial charge on any atom is -0.338 e. The predicted octanol–water partition coefficient (Wildman–Crippen LogP) is 1.27. The monoisotopic (exact) mass is 196 g/mol. The van der Waals surface area contributed by atoms with Gasteiger partial charge in [0.05, 0.1) is 0 Å². The van der Waals surface area contributed by atoms with Gasteiger partial charge in [0.2, 0.25) is 5.91 Å². The van der Waals surface area contributed by atoms with Crippen LogP contribution in [-0.4, -0.2) is 29.4 Å². The van der Waals surface area contributed by atoms with Gasteiger partial charge >= 0.3 is 0 Å². The maximum atomic E-state index is 11.6. The molecule has 14 heavy (non-hydrogen) atoms. The molecule has 0 aromatic rings. The van der Waals surface area contributed by atoms with Crippen molar-refractivity contribution in [1.29, 1.82) is 0 Å². The highest BCUT2D eigenvalue weighted by molar-refractivity contribution is 5.79. The average molecular weight is 196 g/mol. The summed E-state index contributed by atoms with van der Waals surface area (Å²) in [7, 11) is 0. The van der Waals surface area contributed by atoms with Crippen molar-refractivity contribution in [2.75, 3.05) is 6.54 Å². The Kier molecular flexibility index (Phi) is 3.06. The lowest BCUT2D eigenvalue weighted by Gasteiger charge is -2.26. The fourth-order valence-corrected chi connectivity index (χ4v) is 2.68. The summed E-state index contributed by atoms with van der Waals surface area (Å²) >= 11 is 0. The minimum absolute atomic E-state index is 0.0887. The summed E-state index contributed by atoms with van der Waals surface area (Å²) in [5.41, 5.74) is 5.80. The Morgan fingerprint density at radius 1 is 1.14 bits per heavy atom. The highest BCUT2D eigenvalue weighted by Gasteiger charge is 2.32. The molecule has 1 saturated carbocycles. The molecule has 1 aliphatic heterocycles. The van der Waals surface area contributed by atoms with Gasteiger partial charge in [-0.2, -0.15) is 0 Å². The third kappa shape index (κ3) is 2.08. The normalized spacial score (nSPS) is 30.8. The zero-order valence-corrected chi connectivity index (χ0v) is 8.74. The number of carbonyl (C=O) groups excluding carboxylic acids is 1. The van der Waals surface area contributed by atoms with Crippen molar-refractivity contribution < 1.29 is 4.79 Å². The van der Waals surface area contributed by atoms with E-state index in [9.17, 15) is 4.79 Å². The van der Waals surface area contributed by atoms with Crippen LogP contribution in [0, 0.1) is 0 Å². The van der Waals surface area contributed by atoms with E-state index in [1.165, 1.54) is 38.5 Å². The second-order valence-corrected chi connectivity index (χ2v) is 4.66. The largest absolute Gasteiger partial charge is 0.338 e. The molecule has 3 heteroatoms. The molecular weight excluding hydrogens is 176 g/mol. The van der Waals surface area contributed by atoms with Crippen molar-refractivity contribution in [3.05, 3.63) is 0 Å². The molecule has 0 aromatic heterocycles. The van der Waals surface area contributed by atoms with E-state index in [1.54, 1.807) is 0 Å². The summed E-state index contributed by atoms with van der Waals surface area (Å²) in [6, 6.07) is 0.587. The van der Waals surface area contributed by atoms with E-state index in [4.69, 9.17) is 5.73 Å². The summed E-state index contributed by atoms with van der Waals surface area (Å²) in [6.45, 7) is 0.795. The predicted molar refractivity (Wildman–Crippen MR) is 55.8 cm³/mol. The Balaban J connectivity index is 1.95. The maximum Gasteiger partial charge on any atom is 0.224 e. The number of hydrogen-bond acceptors (Lipinski definition) is 2. The van der Waals surface area contributed by atoms with E-state index >= 15 is 0 Å². The van der Waals surface area contributed by atoms with Crippen molar-refractivity contribution in [1.82, 2.24) is 4.90 Å². The standard InChI is InChI=1S/C11H20N2O/c12-9-7-11(14)13(8-9)10-5-3-1-2-4-6-10/h9-10H,1-8,12H2.